The monoisotopic (exact) mass is 171 g/mol. The van der Waals surface area contributed by atoms with E-state index in [9.17, 15) is 5.11 Å². The molecule has 1 saturated carbocycles. The Hall–Kier alpha value is -0.120. The highest BCUT2D eigenvalue weighted by Crippen LogP contribution is 2.51. The first-order chi connectivity index (χ1) is 5.72. The Kier molecular flexibility index (Phi) is 1.90. The van der Waals surface area contributed by atoms with E-state index in [0.29, 0.717) is 19.8 Å². The average Bonchev–Trinajstić information content (AvgIpc) is 2.35. The molecule has 2 fully saturated rings. The van der Waals surface area contributed by atoms with Crippen molar-refractivity contribution in [3.05, 3.63) is 0 Å². The van der Waals surface area contributed by atoms with Crippen molar-refractivity contribution < 1.29 is 9.84 Å². The normalized spacial score (nSPS) is 39.5. The van der Waals surface area contributed by atoms with Gasteiger partial charge in [0.05, 0.1) is 12.2 Å². The Balaban J connectivity index is 2.14. The van der Waals surface area contributed by atoms with Crippen LogP contribution in [0.15, 0.2) is 0 Å². The van der Waals surface area contributed by atoms with Crippen LogP contribution in [0, 0.1) is 5.41 Å². The molecule has 0 bridgehead atoms. The fraction of sp³-hybridized carbons (Fsp3) is 1.00. The van der Waals surface area contributed by atoms with Crippen molar-refractivity contribution in [3.63, 3.8) is 0 Å². The molecule has 3 N–H and O–H groups in total. The molecule has 12 heavy (non-hydrogen) atoms. The first-order valence-corrected chi connectivity index (χ1v) is 4.73. The maximum absolute atomic E-state index is 10.3. The van der Waals surface area contributed by atoms with Gasteiger partial charge in [0.1, 0.15) is 0 Å². The number of nitrogens with two attached hydrogens (primary N) is 1. The molecule has 1 saturated heterocycles. The van der Waals surface area contributed by atoms with Gasteiger partial charge in [-0.25, -0.2) is 0 Å². The molecule has 3 nitrogen and oxygen atoms in total. The summed E-state index contributed by atoms with van der Waals surface area (Å²) in [5.74, 6) is 0. The topological polar surface area (TPSA) is 55.5 Å². The van der Waals surface area contributed by atoms with E-state index < -0.39 is 5.60 Å². The fourth-order valence-electron chi connectivity index (χ4n) is 2.44. The van der Waals surface area contributed by atoms with Gasteiger partial charge in [-0.1, -0.05) is 6.42 Å². The van der Waals surface area contributed by atoms with Gasteiger partial charge in [0, 0.05) is 25.0 Å². The number of hydrogen-bond acceptors (Lipinski definition) is 3. The Bertz CT molecular complexity index is 166. The van der Waals surface area contributed by atoms with Crippen molar-refractivity contribution in [1.29, 1.82) is 0 Å². The predicted molar refractivity (Wildman–Crippen MR) is 45.7 cm³/mol. The van der Waals surface area contributed by atoms with Crippen LogP contribution in [0.4, 0.5) is 0 Å². The molecule has 1 atom stereocenters. The standard InChI is InChI=1S/C9H17NO2/c10-6-8(2-1-3-8)9(11)4-5-12-7-9/h11H,1-7,10H2. The lowest BCUT2D eigenvalue weighted by molar-refractivity contribution is -0.122. The van der Waals surface area contributed by atoms with Crippen molar-refractivity contribution in [2.24, 2.45) is 11.1 Å². The molecular weight excluding hydrogens is 154 g/mol. The lowest BCUT2D eigenvalue weighted by Crippen LogP contribution is -2.57. The van der Waals surface area contributed by atoms with E-state index >= 15 is 0 Å². The summed E-state index contributed by atoms with van der Waals surface area (Å²) in [6, 6.07) is 0. The third kappa shape index (κ3) is 0.934. The summed E-state index contributed by atoms with van der Waals surface area (Å²) in [4.78, 5) is 0. The Morgan fingerprint density at radius 3 is 2.42 bits per heavy atom. The average molecular weight is 171 g/mol. The summed E-state index contributed by atoms with van der Waals surface area (Å²) in [7, 11) is 0. The molecule has 1 aliphatic heterocycles. The maximum Gasteiger partial charge on any atom is 0.0969 e. The van der Waals surface area contributed by atoms with Crippen molar-refractivity contribution in [2.75, 3.05) is 19.8 Å². The fourth-order valence-corrected chi connectivity index (χ4v) is 2.44. The molecule has 1 heterocycles. The highest BCUT2D eigenvalue weighted by molar-refractivity contribution is 5.06. The number of rotatable bonds is 2. The summed E-state index contributed by atoms with van der Waals surface area (Å²) in [6.07, 6.45) is 4.12. The van der Waals surface area contributed by atoms with E-state index in [-0.39, 0.29) is 5.41 Å². The molecular formula is C9H17NO2. The lowest BCUT2D eigenvalue weighted by atomic mass is 9.58. The van der Waals surface area contributed by atoms with Crippen molar-refractivity contribution in [2.45, 2.75) is 31.3 Å². The minimum atomic E-state index is -0.611. The smallest absolute Gasteiger partial charge is 0.0969 e. The van der Waals surface area contributed by atoms with Gasteiger partial charge >= 0.3 is 0 Å². The molecule has 2 aliphatic rings. The molecule has 0 spiro atoms. The molecule has 0 aromatic rings. The number of ether oxygens (including phenoxy) is 1. The van der Waals surface area contributed by atoms with Gasteiger partial charge < -0.3 is 15.6 Å². The zero-order valence-corrected chi connectivity index (χ0v) is 7.38. The number of hydrogen-bond donors (Lipinski definition) is 2. The van der Waals surface area contributed by atoms with Crippen LogP contribution in [0.5, 0.6) is 0 Å². The minimum absolute atomic E-state index is 0.0104. The van der Waals surface area contributed by atoms with E-state index in [4.69, 9.17) is 10.5 Å². The Morgan fingerprint density at radius 1 is 1.33 bits per heavy atom. The second-order valence-corrected chi connectivity index (χ2v) is 4.17. The van der Waals surface area contributed by atoms with Gasteiger partial charge in [-0.3, -0.25) is 0 Å². The summed E-state index contributed by atoms with van der Waals surface area (Å²) < 4.78 is 5.24. The van der Waals surface area contributed by atoms with Crippen LogP contribution in [-0.2, 0) is 4.74 Å². The van der Waals surface area contributed by atoms with Crippen LogP contribution in [0.25, 0.3) is 0 Å². The largest absolute Gasteiger partial charge is 0.387 e. The summed E-state index contributed by atoms with van der Waals surface area (Å²) in [6.45, 7) is 1.79. The van der Waals surface area contributed by atoms with E-state index in [1.807, 2.05) is 0 Å². The van der Waals surface area contributed by atoms with E-state index in [2.05, 4.69) is 0 Å². The van der Waals surface area contributed by atoms with Gasteiger partial charge in [0.15, 0.2) is 0 Å². The third-order valence-electron chi connectivity index (χ3n) is 3.69. The van der Waals surface area contributed by atoms with Gasteiger partial charge in [0.25, 0.3) is 0 Å². The highest BCUT2D eigenvalue weighted by atomic mass is 16.5. The molecule has 2 rings (SSSR count). The van der Waals surface area contributed by atoms with Gasteiger partial charge in [-0.15, -0.1) is 0 Å². The quantitative estimate of drug-likeness (QED) is 0.627. The van der Waals surface area contributed by atoms with Gasteiger partial charge in [-0.05, 0) is 12.8 Å². The van der Waals surface area contributed by atoms with Crippen LogP contribution < -0.4 is 5.73 Å². The zero-order chi connectivity index (χ0) is 8.66. The van der Waals surface area contributed by atoms with E-state index in [1.165, 1.54) is 6.42 Å². The van der Waals surface area contributed by atoms with Crippen molar-refractivity contribution >= 4 is 0 Å². The zero-order valence-electron chi connectivity index (χ0n) is 7.38. The van der Waals surface area contributed by atoms with Crippen LogP contribution in [0.1, 0.15) is 25.7 Å². The lowest BCUT2D eigenvalue weighted by Gasteiger charge is -2.50. The molecule has 0 amide bonds. The Labute approximate surface area is 72.9 Å². The predicted octanol–water partition coefficient (Wildman–Crippen LogP) is 0.267. The molecule has 70 valence electrons. The molecule has 1 aliphatic carbocycles. The van der Waals surface area contributed by atoms with Crippen LogP contribution in [-0.4, -0.2) is 30.5 Å². The third-order valence-corrected chi connectivity index (χ3v) is 3.69. The molecule has 0 radical (unpaired) electrons. The highest BCUT2D eigenvalue weighted by Gasteiger charge is 2.54. The molecule has 3 heteroatoms. The Morgan fingerprint density at radius 2 is 2.08 bits per heavy atom. The van der Waals surface area contributed by atoms with E-state index in [1.54, 1.807) is 0 Å². The van der Waals surface area contributed by atoms with Gasteiger partial charge in [0.2, 0.25) is 0 Å². The van der Waals surface area contributed by atoms with Crippen molar-refractivity contribution in [1.82, 2.24) is 0 Å². The van der Waals surface area contributed by atoms with Crippen LogP contribution in [0.2, 0.25) is 0 Å². The maximum atomic E-state index is 10.3. The minimum Gasteiger partial charge on any atom is -0.387 e. The van der Waals surface area contributed by atoms with Gasteiger partial charge in [-0.2, -0.15) is 0 Å². The first kappa shape index (κ1) is 8.48. The number of aliphatic hydroxyl groups is 1. The molecule has 0 aromatic carbocycles. The molecule has 1 unspecified atom stereocenters. The summed E-state index contributed by atoms with van der Waals surface area (Å²) in [5, 5.41) is 10.3. The second kappa shape index (κ2) is 2.69. The summed E-state index contributed by atoms with van der Waals surface area (Å²) in [5.41, 5.74) is 5.10. The van der Waals surface area contributed by atoms with Crippen LogP contribution in [0.3, 0.4) is 0 Å². The second-order valence-electron chi connectivity index (χ2n) is 4.17. The first-order valence-electron chi connectivity index (χ1n) is 4.73. The molecule has 0 aromatic heterocycles. The SMILES string of the molecule is NCC1(C2(O)CCOC2)CCC1. The van der Waals surface area contributed by atoms with Crippen LogP contribution >= 0.6 is 0 Å². The van der Waals surface area contributed by atoms with Crippen molar-refractivity contribution in [3.8, 4) is 0 Å². The summed E-state index contributed by atoms with van der Waals surface area (Å²) >= 11 is 0. The van der Waals surface area contributed by atoms with E-state index in [0.717, 1.165) is 19.3 Å².